The molecule has 0 saturated carbocycles. The van der Waals surface area contributed by atoms with E-state index in [0.717, 1.165) is 11.1 Å². The fraction of sp³-hybridized carbons (Fsp3) is 0.296. The number of benzene rings is 3. The van der Waals surface area contributed by atoms with Gasteiger partial charge in [0.15, 0.2) is 0 Å². The Morgan fingerprint density at radius 1 is 0.938 bits per heavy atom. The molecule has 0 aromatic heterocycles. The Bertz CT molecular complexity index is 1010. The molecule has 0 fully saturated rings. The summed E-state index contributed by atoms with van der Waals surface area (Å²) in [4.78, 5) is 14.0. The lowest BCUT2D eigenvalue weighted by Crippen LogP contribution is -2.43. The number of aromatic carboxylic acids is 1. The summed E-state index contributed by atoms with van der Waals surface area (Å²) in [5.41, 5.74) is 2.53. The fourth-order valence-electron chi connectivity index (χ4n) is 3.48. The van der Waals surface area contributed by atoms with Crippen LogP contribution in [0, 0.1) is 0 Å². The van der Waals surface area contributed by atoms with E-state index in [2.05, 4.69) is 37.8 Å². The summed E-state index contributed by atoms with van der Waals surface area (Å²) in [6.45, 7) is 7.65. The van der Waals surface area contributed by atoms with Crippen LogP contribution in [-0.2, 0) is 13.2 Å². The smallest absolute Gasteiger partial charge is 0.339 e. The topological polar surface area (TPSA) is 70.0 Å². The third-order valence-electron chi connectivity index (χ3n) is 5.41. The molecule has 0 bridgehead atoms. The summed E-state index contributed by atoms with van der Waals surface area (Å²) >= 11 is 0. The van der Waals surface area contributed by atoms with Crippen molar-refractivity contribution in [1.29, 1.82) is 0 Å². The number of ether oxygens (including phenoxy) is 1. The van der Waals surface area contributed by atoms with E-state index < -0.39 is 12.1 Å². The Hall–Kier alpha value is -3.15. The van der Waals surface area contributed by atoms with Gasteiger partial charge in [0.25, 0.3) is 0 Å². The van der Waals surface area contributed by atoms with Gasteiger partial charge in [-0.1, -0.05) is 66.7 Å². The van der Waals surface area contributed by atoms with Crippen molar-refractivity contribution < 1.29 is 19.7 Å². The van der Waals surface area contributed by atoms with Gasteiger partial charge in [0.05, 0.1) is 6.10 Å². The molecule has 3 aromatic rings. The number of hydrogen-bond acceptors (Lipinski definition) is 4. The van der Waals surface area contributed by atoms with Gasteiger partial charge in [0, 0.05) is 18.6 Å². The van der Waals surface area contributed by atoms with Crippen LogP contribution < -0.4 is 4.74 Å². The van der Waals surface area contributed by atoms with Crippen LogP contribution in [0.5, 0.6) is 5.75 Å². The molecular weight excluding hydrogens is 402 g/mol. The number of rotatable bonds is 9. The highest BCUT2D eigenvalue weighted by molar-refractivity contribution is 5.91. The number of aliphatic hydroxyl groups excluding tert-OH is 1. The van der Waals surface area contributed by atoms with Gasteiger partial charge in [-0.15, -0.1) is 0 Å². The second kappa shape index (κ2) is 10.4. The molecule has 2 N–H and O–H groups in total. The van der Waals surface area contributed by atoms with Crippen molar-refractivity contribution >= 4 is 5.97 Å². The van der Waals surface area contributed by atoms with Crippen LogP contribution in [-0.4, -0.2) is 33.2 Å². The van der Waals surface area contributed by atoms with Crippen molar-refractivity contribution in [3.05, 3.63) is 101 Å². The minimum atomic E-state index is -1.08. The van der Waals surface area contributed by atoms with Crippen molar-refractivity contribution in [3.8, 4) is 5.75 Å². The Balaban J connectivity index is 1.76. The van der Waals surface area contributed by atoms with Crippen molar-refractivity contribution in [2.75, 3.05) is 6.54 Å². The summed E-state index contributed by atoms with van der Waals surface area (Å²) < 4.78 is 5.76. The first kappa shape index (κ1) is 23.5. The molecule has 0 aliphatic heterocycles. The molecule has 0 radical (unpaired) electrons. The first-order valence-corrected chi connectivity index (χ1v) is 10.7. The lowest BCUT2D eigenvalue weighted by atomic mass is 10.00. The van der Waals surface area contributed by atoms with Gasteiger partial charge in [0.1, 0.15) is 17.9 Å². The van der Waals surface area contributed by atoms with Gasteiger partial charge < -0.3 is 14.9 Å². The van der Waals surface area contributed by atoms with Crippen LogP contribution in [0.25, 0.3) is 0 Å². The molecule has 1 unspecified atom stereocenters. The predicted octanol–water partition coefficient (Wildman–Crippen LogP) is 5.30. The van der Waals surface area contributed by atoms with Crippen molar-refractivity contribution in [2.24, 2.45) is 0 Å². The Kier molecular flexibility index (Phi) is 7.67. The standard InChI is InChI=1S/C27H31NO4/c1-27(2,3)28(17-20-10-6-4-7-11-20)18-24(29)22-14-15-25(23(16-22)26(30)31)32-19-21-12-8-5-9-13-21/h4-16,24,29H,17-19H2,1-3H3,(H,30,31). The zero-order chi connectivity index (χ0) is 23.1. The van der Waals surface area contributed by atoms with Gasteiger partial charge in [-0.05, 0) is 49.6 Å². The van der Waals surface area contributed by atoms with E-state index >= 15 is 0 Å². The van der Waals surface area contributed by atoms with E-state index in [1.165, 1.54) is 6.07 Å². The highest BCUT2D eigenvalue weighted by Crippen LogP contribution is 2.27. The lowest BCUT2D eigenvalue weighted by Gasteiger charge is -2.37. The van der Waals surface area contributed by atoms with Crippen molar-refractivity contribution in [1.82, 2.24) is 4.90 Å². The van der Waals surface area contributed by atoms with Gasteiger partial charge in [-0.3, -0.25) is 4.90 Å². The average molecular weight is 434 g/mol. The summed E-state index contributed by atoms with van der Waals surface area (Å²) in [5, 5.41) is 20.7. The molecule has 3 rings (SSSR count). The minimum Gasteiger partial charge on any atom is -0.488 e. The Morgan fingerprint density at radius 3 is 2.09 bits per heavy atom. The number of carbonyl (C=O) groups is 1. The van der Waals surface area contributed by atoms with E-state index in [-0.39, 0.29) is 23.5 Å². The molecule has 0 heterocycles. The lowest BCUT2D eigenvalue weighted by molar-refractivity contribution is 0.0521. The van der Waals surface area contributed by atoms with Crippen LogP contribution in [0.2, 0.25) is 0 Å². The number of hydrogen-bond donors (Lipinski definition) is 2. The maximum atomic E-state index is 11.9. The van der Waals surface area contributed by atoms with E-state index in [4.69, 9.17) is 4.74 Å². The van der Waals surface area contributed by atoms with E-state index in [0.29, 0.717) is 18.7 Å². The van der Waals surface area contributed by atoms with Crippen LogP contribution in [0.15, 0.2) is 78.9 Å². The molecule has 168 valence electrons. The molecule has 0 saturated heterocycles. The molecule has 0 aliphatic rings. The summed E-state index contributed by atoms with van der Waals surface area (Å²) in [7, 11) is 0. The van der Waals surface area contributed by atoms with E-state index in [1.54, 1.807) is 12.1 Å². The SMILES string of the molecule is CC(C)(C)N(Cc1ccccc1)CC(O)c1ccc(OCc2ccccc2)c(C(=O)O)c1. The zero-order valence-electron chi connectivity index (χ0n) is 18.9. The first-order valence-electron chi connectivity index (χ1n) is 10.7. The number of carboxylic acids is 1. The van der Waals surface area contributed by atoms with Gasteiger partial charge in [-0.25, -0.2) is 4.79 Å². The van der Waals surface area contributed by atoms with Crippen LogP contribution in [0.4, 0.5) is 0 Å². The molecule has 1 atom stereocenters. The van der Waals surface area contributed by atoms with E-state index in [9.17, 15) is 15.0 Å². The van der Waals surface area contributed by atoms with E-state index in [1.807, 2.05) is 48.5 Å². The number of β-amino-alcohol motifs (C(OH)–C–C–N with tert-alkyl or cyclic N) is 1. The average Bonchev–Trinajstić information content (AvgIpc) is 2.77. The highest BCUT2D eigenvalue weighted by atomic mass is 16.5. The highest BCUT2D eigenvalue weighted by Gasteiger charge is 2.25. The largest absolute Gasteiger partial charge is 0.488 e. The summed E-state index contributed by atoms with van der Waals surface area (Å²) in [5.74, 6) is -0.798. The van der Waals surface area contributed by atoms with Crippen molar-refractivity contribution in [3.63, 3.8) is 0 Å². The van der Waals surface area contributed by atoms with Crippen LogP contribution in [0.3, 0.4) is 0 Å². The number of carboxylic acid groups (broad SMARTS) is 1. The summed E-state index contributed by atoms with van der Waals surface area (Å²) in [6, 6.07) is 24.6. The molecule has 0 spiro atoms. The number of aliphatic hydroxyl groups is 1. The third kappa shape index (κ3) is 6.42. The quantitative estimate of drug-likeness (QED) is 0.479. The van der Waals surface area contributed by atoms with Crippen LogP contribution >= 0.6 is 0 Å². The van der Waals surface area contributed by atoms with Gasteiger partial charge in [0.2, 0.25) is 0 Å². The summed E-state index contributed by atoms with van der Waals surface area (Å²) in [6.07, 6.45) is -0.834. The normalized spacial score (nSPS) is 12.5. The van der Waals surface area contributed by atoms with Crippen LogP contribution in [0.1, 0.15) is 53.9 Å². The monoisotopic (exact) mass is 433 g/mol. The Morgan fingerprint density at radius 2 is 1.53 bits per heavy atom. The fourth-order valence-corrected chi connectivity index (χ4v) is 3.48. The second-order valence-electron chi connectivity index (χ2n) is 8.89. The molecule has 0 amide bonds. The number of nitrogens with zero attached hydrogens (tertiary/aromatic N) is 1. The molecule has 5 nitrogen and oxygen atoms in total. The van der Waals surface area contributed by atoms with Gasteiger partial charge >= 0.3 is 5.97 Å². The predicted molar refractivity (Wildman–Crippen MR) is 126 cm³/mol. The second-order valence-corrected chi connectivity index (χ2v) is 8.89. The molecule has 32 heavy (non-hydrogen) atoms. The van der Waals surface area contributed by atoms with Crippen molar-refractivity contribution in [2.45, 2.75) is 45.6 Å². The molecule has 5 heteroatoms. The first-order chi connectivity index (χ1) is 15.2. The zero-order valence-corrected chi connectivity index (χ0v) is 18.9. The third-order valence-corrected chi connectivity index (χ3v) is 5.41. The Labute approximate surface area is 189 Å². The van der Waals surface area contributed by atoms with Gasteiger partial charge in [-0.2, -0.15) is 0 Å². The molecular formula is C27H31NO4. The molecule has 0 aliphatic carbocycles. The minimum absolute atomic E-state index is 0.0443. The maximum absolute atomic E-state index is 11.9. The molecule has 3 aromatic carbocycles. The maximum Gasteiger partial charge on any atom is 0.339 e.